The van der Waals surface area contributed by atoms with Crippen LogP contribution >= 0.6 is 11.8 Å². The van der Waals surface area contributed by atoms with Gasteiger partial charge in [0, 0.05) is 18.2 Å². The summed E-state index contributed by atoms with van der Waals surface area (Å²) in [6.07, 6.45) is 1.38. The fraction of sp³-hybridized carbons (Fsp3) is 0.286. The number of hydrogen-bond donors (Lipinski definition) is 1. The first kappa shape index (κ1) is 19.9. The quantitative estimate of drug-likeness (QED) is 0.559. The third-order valence-corrected chi connectivity index (χ3v) is 5.17. The summed E-state index contributed by atoms with van der Waals surface area (Å²) in [6, 6.07) is 18.1. The van der Waals surface area contributed by atoms with Crippen molar-refractivity contribution in [1.82, 2.24) is 20.1 Å². The molecule has 0 radical (unpaired) electrons. The molecule has 0 bridgehead atoms. The number of ether oxygens (including phenoxy) is 1. The second kappa shape index (κ2) is 9.94. The minimum atomic E-state index is -0.0153. The largest absolute Gasteiger partial charge is 0.497 e. The highest BCUT2D eigenvalue weighted by Gasteiger charge is 2.15. The Hall–Kier alpha value is -2.80. The number of aryl methyl sites for hydroxylation is 1. The number of aromatic nitrogens is 3. The van der Waals surface area contributed by atoms with E-state index in [1.807, 2.05) is 54.0 Å². The molecular formula is C21H24N4O2S. The van der Waals surface area contributed by atoms with Crippen LogP contribution in [0.5, 0.6) is 5.75 Å². The first-order valence-corrected chi connectivity index (χ1v) is 10.2. The van der Waals surface area contributed by atoms with Crippen LogP contribution in [0.15, 0.2) is 59.8 Å². The van der Waals surface area contributed by atoms with Gasteiger partial charge >= 0.3 is 0 Å². The van der Waals surface area contributed by atoms with Crippen molar-refractivity contribution in [3.05, 3.63) is 66.0 Å². The van der Waals surface area contributed by atoms with Gasteiger partial charge in [-0.2, -0.15) is 0 Å². The normalized spacial score (nSPS) is 10.6. The molecule has 1 heterocycles. The minimum absolute atomic E-state index is 0.0153. The van der Waals surface area contributed by atoms with E-state index in [-0.39, 0.29) is 5.91 Å². The molecule has 0 atom stereocenters. The van der Waals surface area contributed by atoms with Crippen LogP contribution in [0.25, 0.3) is 5.69 Å². The molecule has 1 N–H and O–H groups in total. The summed E-state index contributed by atoms with van der Waals surface area (Å²) >= 11 is 1.65. The van der Waals surface area contributed by atoms with E-state index in [1.54, 1.807) is 18.9 Å². The van der Waals surface area contributed by atoms with Gasteiger partial charge in [-0.1, -0.05) is 55.1 Å². The van der Waals surface area contributed by atoms with E-state index in [2.05, 4.69) is 27.6 Å². The van der Waals surface area contributed by atoms with E-state index in [0.29, 0.717) is 18.8 Å². The average Bonchev–Trinajstić information content (AvgIpc) is 3.15. The van der Waals surface area contributed by atoms with Crippen molar-refractivity contribution < 1.29 is 9.53 Å². The Kier molecular flexibility index (Phi) is 7.08. The van der Waals surface area contributed by atoms with Crippen LogP contribution in [-0.4, -0.2) is 33.5 Å². The molecule has 0 unspecified atom stereocenters. The Balaban J connectivity index is 1.81. The lowest BCUT2D eigenvalue weighted by Crippen LogP contribution is -2.23. The van der Waals surface area contributed by atoms with E-state index >= 15 is 0 Å². The molecule has 28 heavy (non-hydrogen) atoms. The number of carbonyl (C=O) groups excluding carboxylic acids is 1. The Morgan fingerprint density at radius 1 is 1.14 bits per heavy atom. The van der Waals surface area contributed by atoms with Crippen LogP contribution in [0.1, 0.15) is 24.7 Å². The SMILES string of the molecule is CCC(=O)NCc1nnc(SCCc2ccccc2)n1-c1cccc(OC)c1. The topological polar surface area (TPSA) is 69.0 Å². The maximum atomic E-state index is 11.7. The molecule has 3 aromatic rings. The molecule has 6 nitrogen and oxygen atoms in total. The molecule has 146 valence electrons. The lowest BCUT2D eigenvalue weighted by atomic mass is 10.2. The van der Waals surface area contributed by atoms with Crippen molar-refractivity contribution >= 4 is 17.7 Å². The number of benzene rings is 2. The number of carbonyl (C=O) groups is 1. The molecule has 2 aromatic carbocycles. The number of amides is 1. The lowest BCUT2D eigenvalue weighted by molar-refractivity contribution is -0.120. The summed E-state index contributed by atoms with van der Waals surface area (Å²) < 4.78 is 7.34. The zero-order valence-electron chi connectivity index (χ0n) is 16.1. The van der Waals surface area contributed by atoms with Crippen LogP contribution in [0.2, 0.25) is 0 Å². The van der Waals surface area contributed by atoms with Crippen molar-refractivity contribution in [2.24, 2.45) is 0 Å². The van der Waals surface area contributed by atoms with Crippen LogP contribution < -0.4 is 10.1 Å². The number of rotatable bonds is 9. The van der Waals surface area contributed by atoms with Gasteiger partial charge in [-0.15, -0.1) is 10.2 Å². The summed E-state index contributed by atoms with van der Waals surface area (Å²) in [7, 11) is 1.64. The van der Waals surface area contributed by atoms with Gasteiger partial charge in [0.05, 0.1) is 19.3 Å². The second-order valence-electron chi connectivity index (χ2n) is 6.15. The Labute approximate surface area is 169 Å². The molecule has 0 aliphatic rings. The van der Waals surface area contributed by atoms with E-state index in [9.17, 15) is 4.79 Å². The average molecular weight is 397 g/mol. The second-order valence-corrected chi connectivity index (χ2v) is 7.21. The number of hydrogen-bond acceptors (Lipinski definition) is 5. The Bertz CT molecular complexity index is 912. The van der Waals surface area contributed by atoms with Gasteiger partial charge in [0.25, 0.3) is 0 Å². The van der Waals surface area contributed by atoms with Gasteiger partial charge < -0.3 is 10.1 Å². The minimum Gasteiger partial charge on any atom is -0.497 e. The highest BCUT2D eigenvalue weighted by molar-refractivity contribution is 7.99. The zero-order chi connectivity index (χ0) is 19.8. The summed E-state index contributed by atoms with van der Waals surface area (Å²) in [5, 5.41) is 12.4. The molecule has 3 rings (SSSR count). The van der Waals surface area contributed by atoms with E-state index in [4.69, 9.17) is 4.74 Å². The third kappa shape index (κ3) is 5.13. The number of thioether (sulfide) groups is 1. The van der Waals surface area contributed by atoms with Crippen LogP contribution in [0.3, 0.4) is 0 Å². The van der Waals surface area contributed by atoms with Crippen molar-refractivity contribution in [1.29, 1.82) is 0 Å². The summed E-state index contributed by atoms with van der Waals surface area (Å²) in [4.78, 5) is 11.7. The molecule has 0 aliphatic carbocycles. The first-order chi connectivity index (χ1) is 13.7. The smallest absolute Gasteiger partial charge is 0.220 e. The van der Waals surface area contributed by atoms with Crippen molar-refractivity contribution in [2.45, 2.75) is 31.5 Å². The van der Waals surface area contributed by atoms with E-state index < -0.39 is 0 Å². The number of methoxy groups -OCH3 is 1. The monoisotopic (exact) mass is 396 g/mol. The van der Waals surface area contributed by atoms with Gasteiger partial charge in [0.15, 0.2) is 11.0 Å². The number of nitrogens with zero attached hydrogens (tertiary/aromatic N) is 3. The van der Waals surface area contributed by atoms with Crippen molar-refractivity contribution in [3.63, 3.8) is 0 Å². The van der Waals surface area contributed by atoms with Gasteiger partial charge in [-0.05, 0) is 24.1 Å². The maximum absolute atomic E-state index is 11.7. The van der Waals surface area contributed by atoms with Crippen molar-refractivity contribution in [3.8, 4) is 11.4 Å². The zero-order valence-corrected chi connectivity index (χ0v) is 16.9. The summed E-state index contributed by atoms with van der Waals surface area (Å²) in [5.41, 5.74) is 2.20. The predicted molar refractivity (Wildman–Crippen MR) is 111 cm³/mol. The fourth-order valence-electron chi connectivity index (χ4n) is 2.72. The van der Waals surface area contributed by atoms with Crippen LogP contribution in [0, 0.1) is 0 Å². The molecule has 1 amide bonds. The highest BCUT2D eigenvalue weighted by Crippen LogP contribution is 2.25. The molecule has 0 spiro atoms. The molecule has 7 heteroatoms. The molecule has 0 aliphatic heterocycles. The molecule has 0 saturated carbocycles. The Morgan fingerprint density at radius 3 is 2.71 bits per heavy atom. The Morgan fingerprint density at radius 2 is 1.96 bits per heavy atom. The molecule has 1 aromatic heterocycles. The van der Waals surface area contributed by atoms with Crippen molar-refractivity contribution in [2.75, 3.05) is 12.9 Å². The van der Waals surface area contributed by atoms with Gasteiger partial charge in [-0.25, -0.2) is 0 Å². The van der Waals surface area contributed by atoms with E-state index in [0.717, 1.165) is 28.8 Å². The van der Waals surface area contributed by atoms with Gasteiger partial charge in [0.1, 0.15) is 5.75 Å². The summed E-state index contributed by atoms with van der Waals surface area (Å²) in [5.74, 6) is 2.32. The van der Waals surface area contributed by atoms with E-state index in [1.165, 1.54) is 5.56 Å². The highest BCUT2D eigenvalue weighted by atomic mass is 32.2. The van der Waals surface area contributed by atoms with Gasteiger partial charge in [-0.3, -0.25) is 9.36 Å². The molecule has 0 fully saturated rings. The van der Waals surface area contributed by atoms with Gasteiger partial charge in [0.2, 0.25) is 5.91 Å². The van der Waals surface area contributed by atoms with Crippen LogP contribution in [0.4, 0.5) is 0 Å². The molecule has 0 saturated heterocycles. The number of nitrogens with one attached hydrogen (secondary N) is 1. The first-order valence-electron chi connectivity index (χ1n) is 9.23. The molecular weight excluding hydrogens is 372 g/mol. The van der Waals surface area contributed by atoms with Crippen LogP contribution in [-0.2, 0) is 17.8 Å². The lowest BCUT2D eigenvalue weighted by Gasteiger charge is -2.12. The third-order valence-electron chi connectivity index (χ3n) is 4.24. The summed E-state index contributed by atoms with van der Waals surface area (Å²) in [6.45, 7) is 2.16. The maximum Gasteiger partial charge on any atom is 0.220 e. The fourth-order valence-corrected chi connectivity index (χ4v) is 3.68. The standard InChI is InChI=1S/C21H24N4O2S/c1-3-20(26)22-15-19-23-24-21(28-13-12-16-8-5-4-6-9-16)25(19)17-10-7-11-18(14-17)27-2/h4-11,14H,3,12-13,15H2,1-2H3,(H,22,26). The predicted octanol–water partition coefficient (Wildman–Crippen LogP) is 3.64.